The molecule has 0 bridgehead atoms. The van der Waals surface area contributed by atoms with E-state index in [0.29, 0.717) is 48.2 Å². The minimum atomic E-state index is -0.390. The fourth-order valence-corrected chi connectivity index (χ4v) is 4.77. The molecule has 1 aliphatic rings. The summed E-state index contributed by atoms with van der Waals surface area (Å²) in [6.45, 7) is 5.17. The van der Waals surface area contributed by atoms with Crippen molar-refractivity contribution in [1.29, 1.82) is 0 Å². The highest BCUT2D eigenvalue weighted by Gasteiger charge is 2.27. The van der Waals surface area contributed by atoms with Gasteiger partial charge in [-0.15, -0.1) is 11.3 Å². The van der Waals surface area contributed by atoms with Gasteiger partial charge in [0, 0.05) is 41.6 Å². The molecule has 0 unspecified atom stereocenters. The second kappa shape index (κ2) is 11.2. The molecular weight excluding hydrogens is 444 g/mol. The summed E-state index contributed by atoms with van der Waals surface area (Å²) in [5.41, 5.74) is 1.71. The number of esters is 1. The summed E-state index contributed by atoms with van der Waals surface area (Å²) in [5.74, 6) is 1.55. The Morgan fingerprint density at radius 2 is 1.73 bits per heavy atom. The summed E-state index contributed by atoms with van der Waals surface area (Å²) >= 11 is 1.48. The van der Waals surface area contributed by atoms with Crippen molar-refractivity contribution in [2.45, 2.75) is 32.6 Å². The van der Waals surface area contributed by atoms with Gasteiger partial charge < -0.3 is 23.8 Å². The number of aromatic nitrogens is 1. The maximum atomic E-state index is 13.1. The van der Waals surface area contributed by atoms with E-state index in [0.717, 1.165) is 23.4 Å². The summed E-state index contributed by atoms with van der Waals surface area (Å²) < 4.78 is 21.2. The van der Waals surface area contributed by atoms with Gasteiger partial charge in [0.2, 0.25) is 5.91 Å². The van der Waals surface area contributed by atoms with Crippen LogP contribution in [-0.2, 0) is 9.53 Å². The first-order valence-corrected chi connectivity index (χ1v) is 11.7. The topological polar surface area (TPSA) is 87.2 Å². The van der Waals surface area contributed by atoms with Crippen LogP contribution in [0, 0.1) is 0 Å². The third kappa shape index (κ3) is 5.65. The van der Waals surface area contributed by atoms with Gasteiger partial charge in [-0.3, -0.25) is 4.79 Å². The summed E-state index contributed by atoms with van der Waals surface area (Å²) in [5, 5.41) is 2.67. The molecule has 0 spiro atoms. The van der Waals surface area contributed by atoms with Crippen LogP contribution < -0.4 is 14.2 Å². The highest BCUT2D eigenvalue weighted by Crippen LogP contribution is 2.36. The van der Waals surface area contributed by atoms with Crippen molar-refractivity contribution in [3.63, 3.8) is 0 Å². The number of ether oxygens (including phenoxy) is 4. The standard InChI is InChI=1S/C24H30N2O6S/c1-6-32-24(28)18-14-33-22(25-18)16-7-9-26(10-8-16)23(27)15(2)11-17-12-20(30-4)21(31-5)13-19(17)29-3/h11-14,16H,6-10H2,1-5H3/b15-11+. The van der Waals surface area contributed by atoms with Gasteiger partial charge in [0.1, 0.15) is 5.75 Å². The van der Waals surface area contributed by atoms with E-state index in [4.69, 9.17) is 18.9 Å². The van der Waals surface area contributed by atoms with Crippen LogP contribution in [0.4, 0.5) is 0 Å². The Bertz CT molecular complexity index is 1020. The Labute approximate surface area is 198 Å². The second-order valence-electron chi connectivity index (χ2n) is 7.63. The van der Waals surface area contributed by atoms with Gasteiger partial charge >= 0.3 is 5.97 Å². The van der Waals surface area contributed by atoms with E-state index < -0.39 is 0 Å². The smallest absolute Gasteiger partial charge is 0.357 e. The van der Waals surface area contributed by atoms with Gasteiger partial charge in [0.25, 0.3) is 0 Å². The average molecular weight is 475 g/mol. The van der Waals surface area contributed by atoms with E-state index in [2.05, 4.69) is 4.98 Å². The van der Waals surface area contributed by atoms with E-state index >= 15 is 0 Å². The number of likely N-dealkylation sites (tertiary alicyclic amines) is 1. The normalized spacial score (nSPS) is 14.7. The van der Waals surface area contributed by atoms with Crippen LogP contribution in [0.1, 0.15) is 53.7 Å². The highest BCUT2D eigenvalue weighted by atomic mass is 32.1. The van der Waals surface area contributed by atoms with E-state index in [9.17, 15) is 9.59 Å². The predicted octanol–water partition coefficient (Wildman–Crippen LogP) is 4.16. The third-order valence-electron chi connectivity index (χ3n) is 5.58. The summed E-state index contributed by atoms with van der Waals surface area (Å²) in [4.78, 5) is 31.3. The number of amides is 1. The Kier molecular flexibility index (Phi) is 8.32. The minimum absolute atomic E-state index is 0.0170. The highest BCUT2D eigenvalue weighted by molar-refractivity contribution is 7.09. The molecule has 0 aliphatic carbocycles. The predicted molar refractivity (Wildman–Crippen MR) is 126 cm³/mol. The van der Waals surface area contributed by atoms with Crippen LogP contribution in [0.2, 0.25) is 0 Å². The van der Waals surface area contributed by atoms with Crippen LogP contribution in [0.15, 0.2) is 23.1 Å². The van der Waals surface area contributed by atoms with Crippen molar-refractivity contribution >= 4 is 29.3 Å². The second-order valence-corrected chi connectivity index (χ2v) is 8.52. The van der Waals surface area contributed by atoms with Gasteiger partial charge in [-0.25, -0.2) is 9.78 Å². The summed E-state index contributed by atoms with van der Waals surface area (Å²) in [7, 11) is 4.71. The molecular formula is C24H30N2O6S. The molecule has 178 valence electrons. The quantitative estimate of drug-likeness (QED) is 0.419. The number of carbonyl (C=O) groups excluding carboxylic acids is 2. The van der Waals surface area contributed by atoms with Gasteiger partial charge in [0.15, 0.2) is 17.2 Å². The zero-order valence-corrected chi connectivity index (χ0v) is 20.5. The fourth-order valence-electron chi connectivity index (χ4n) is 3.81. The number of carbonyl (C=O) groups is 2. The van der Waals surface area contributed by atoms with Crippen molar-refractivity contribution < 1.29 is 28.5 Å². The van der Waals surface area contributed by atoms with Gasteiger partial charge in [-0.1, -0.05) is 0 Å². The molecule has 1 aromatic carbocycles. The number of piperidine rings is 1. The lowest BCUT2D eigenvalue weighted by Crippen LogP contribution is -2.38. The van der Waals surface area contributed by atoms with Gasteiger partial charge in [0.05, 0.1) is 32.9 Å². The Morgan fingerprint density at radius 3 is 2.33 bits per heavy atom. The molecule has 2 heterocycles. The molecule has 2 aromatic rings. The zero-order chi connectivity index (χ0) is 24.0. The van der Waals surface area contributed by atoms with Crippen LogP contribution in [0.25, 0.3) is 6.08 Å². The largest absolute Gasteiger partial charge is 0.496 e. The number of hydrogen-bond acceptors (Lipinski definition) is 8. The molecule has 33 heavy (non-hydrogen) atoms. The molecule has 1 aliphatic heterocycles. The summed E-state index contributed by atoms with van der Waals surface area (Å²) in [6, 6.07) is 3.54. The third-order valence-corrected chi connectivity index (χ3v) is 6.59. The lowest BCUT2D eigenvalue weighted by Gasteiger charge is -2.31. The van der Waals surface area contributed by atoms with Crippen LogP contribution >= 0.6 is 11.3 Å². The number of hydrogen-bond donors (Lipinski definition) is 0. The zero-order valence-electron chi connectivity index (χ0n) is 19.7. The molecule has 0 atom stereocenters. The number of rotatable bonds is 8. The van der Waals surface area contributed by atoms with Crippen LogP contribution in [-0.4, -0.2) is 62.8 Å². The van der Waals surface area contributed by atoms with Crippen molar-refractivity contribution in [1.82, 2.24) is 9.88 Å². The van der Waals surface area contributed by atoms with Gasteiger partial charge in [-0.05, 0) is 38.8 Å². The lowest BCUT2D eigenvalue weighted by atomic mass is 9.97. The van der Waals surface area contributed by atoms with Crippen molar-refractivity contribution in [2.75, 3.05) is 41.0 Å². The Balaban J connectivity index is 1.67. The fraction of sp³-hybridized carbons (Fsp3) is 0.458. The van der Waals surface area contributed by atoms with Crippen LogP contribution in [0.5, 0.6) is 17.2 Å². The van der Waals surface area contributed by atoms with Crippen LogP contribution in [0.3, 0.4) is 0 Å². The SMILES string of the molecule is CCOC(=O)c1csc(C2CCN(C(=O)/C(C)=C/c3cc(OC)c(OC)cc3OC)CC2)n1. The van der Waals surface area contributed by atoms with E-state index in [1.165, 1.54) is 11.3 Å². The molecule has 0 radical (unpaired) electrons. The molecule has 1 aromatic heterocycles. The Morgan fingerprint density at radius 1 is 1.09 bits per heavy atom. The number of methoxy groups -OCH3 is 3. The average Bonchev–Trinajstić information content (AvgIpc) is 3.34. The maximum absolute atomic E-state index is 13.1. The Hall–Kier alpha value is -3.07. The van der Waals surface area contributed by atoms with Crippen molar-refractivity contribution in [3.05, 3.63) is 39.4 Å². The first-order valence-electron chi connectivity index (χ1n) is 10.8. The number of benzene rings is 1. The monoisotopic (exact) mass is 474 g/mol. The molecule has 3 rings (SSSR count). The van der Waals surface area contributed by atoms with Crippen molar-refractivity contribution in [3.8, 4) is 17.2 Å². The van der Waals surface area contributed by atoms with E-state index in [1.54, 1.807) is 52.7 Å². The molecule has 0 N–H and O–H groups in total. The minimum Gasteiger partial charge on any atom is -0.496 e. The van der Waals surface area contributed by atoms with E-state index in [-0.39, 0.29) is 17.8 Å². The first-order chi connectivity index (χ1) is 15.9. The molecule has 9 heteroatoms. The number of thiazole rings is 1. The molecule has 1 fully saturated rings. The molecule has 1 amide bonds. The molecule has 0 saturated carbocycles. The number of nitrogens with zero attached hydrogens (tertiary/aromatic N) is 2. The first kappa shape index (κ1) is 24.6. The summed E-state index contributed by atoms with van der Waals surface area (Å²) in [6.07, 6.45) is 3.41. The van der Waals surface area contributed by atoms with Crippen molar-refractivity contribution in [2.24, 2.45) is 0 Å². The van der Waals surface area contributed by atoms with E-state index in [1.807, 2.05) is 11.0 Å². The maximum Gasteiger partial charge on any atom is 0.357 e. The van der Waals surface area contributed by atoms with Gasteiger partial charge in [-0.2, -0.15) is 0 Å². The molecule has 8 nitrogen and oxygen atoms in total. The lowest BCUT2D eigenvalue weighted by molar-refractivity contribution is -0.128. The molecule has 1 saturated heterocycles.